The molecule has 1 aliphatic rings. The number of nitrogens with zero attached hydrogens (tertiary/aromatic N) is 3. The summed E-state index contributed by atoms with van der Waals surface area (Å²) in [5.74, 6) is -0.138. The summed E-state index contributed by atoms with van der Waals surface area (Å²) in [7, 11) is 0. The van der Waals surface area contributed by atoms with E-state index in [0.717, 1.165) is 35.1 Å². The predicted molar refractivity (Wildman–Crippen MR) is 104 cm³/mol. The van der Waals surface area contributed by atoms with Gasteiger partial charge in [0, 0.05) is 41.8 Å². The zero-order valence-electron chi connectivity index (χ0n) is 15.2. The highest BCUT2D eigenvalue weighted by atomic mass is 16.3. The van der Waals surface area contributed by atoms with Crippen molar-refractivity contribution in [2.75, 3.05) is 13.1 Å². The molecule has 3 heterocycles. The average Bonchev–Trinajstić information content (AvgIpc) is 3.23. The molecule has 4 rings (SSSR count). The smallest absolute Gasteiger partial charge is 0.251 e. The number of guanidine groups is 1. The van der Waals surface area contributed by atoms with Crippen molar-refractivity contribution in [2.24, 2.45) is 5.11 Å². The lowest BCUT2D eigenvalue weighted by molar-refractivity contribution is 0.0922. The van der Waals surface area contributed by atoms with E-state index in [4.69, 9.17) is 15.4 Å². The molecule has 1 aromatic carbocycles. The van der Waals surface area contributed by atoms with Crippen molar-refractivity contribution >= 4 is 22.8 Å². The Morgan fingerprint density at radius 2 is 1.93 bits per heavy atom. The van der Waals surface area contributed by atoms with Gasteiger partial charge in [0.2, 0.25) is 5.96 Å². The van der Waals surface area contributed by atoms with Crippen molar-refractivity contribution in [1.29, 1.82) is 10.9 Å². The van der Waals surface area contributed by atoms with E-state index in [1.807, 2.05) is 24.3 Å². The summed E-state index contributed by atoms with van der Waals surface area (Å²) in [4.78, 5) is 18.7. The number of pyridine rings is 1. The van der Waals surface area contributed by atoms with Crippen molar-refractivity contribution in [2.45, 2.75) is 18.9 Å². The van der Waals surface area contributed by atoms with E-state index < -0.39 is 0 Å². The zero-order valence-corrected chi connectivity index (χ0v) is 15.2. The first-order chi connectivity index (χ1) is 13.7. The molecule has 1 fully saturated rings. The van der Waals surface area contributed by atoms with E-state index >= 15 is 0 Å². The predicted octanol–water partition coefficient (Wildman–Crippen LogP) is 3.65. The number of furan rings is 1. The molecule has 0 radical (unpaired) electrons. The van der Waals surface area contributed by atoms with Gasteiger partial charge in [-0.15, -0.1) is 5.11 Å². The first-order valence-corrected chi connectivity index (χ1v) is 9.10. The summed E-state index contributed by atoms with van der Waals surface area (Å²) >= 11 is 0. The maximum atomic E-state index is 12.6. The second kappa shape index (κ2) is 7.59. The summed E-state index contributed by atoms with van der Waals surface area (Å²) < 4.78 is 5.42. The fraction of sp³-hybridized carbons (Fsp3) is 0.250. The van der Waals surface area contributed by atoms with Gasteiger partial charge in [0.05, 0.1) is 12.0 Å². The minimum atomic E-state index is -0.111. The van der Waals surface area contributed by atoms with Gasteiger partial charge in [-0.3, -0.25) is 15.2 Å². The summed E-state index contributed by atoms with van der Waals surface area (Å²) in [6.07, 6.45) is 4.81. The monoisotopic (exact) mass is 376 g/mol. The molecule has 1 amide bonds. The van der Waals surface area contributed by atoms with Crippen molar-refractivity contribution in [3.05, 3.63) is 54.4 Å². The molecule has 1 aliphatic heterocycles. The maximum absolute atomic E-state index is 12.6. The SMILES string of the molecule is N=NC(=N)N1CCC(NC(=O)c2ccc(-c3nccc4occc34)cc2)CC1. The van der Waals surface area contributed by atoms with E-state index in [-0.39, 0.29) is 17.9 Å². The van der Waals surface area contributed by atoms with E-state index in [9.17, 15) is 4.79 Å². The third-order valence-corrected chi connectivity index (χ3v) is 5.04. The standard InChI is InChI=1S/C20H20N6O2/c21-20(25-22)26-10-6-15(7-11-26)24-19(27)14-3-1-13(2-4-14)18-16-8-12-28-17(16)5-9-23-18/h1-5,8-9,12,15,21-22H,6-7,10-11H2,(H,24,27). The molecular weight excluding hydrogens is 356 g/mol. The molecule has 3 aromatic rings. The van der Waals surface area contributed by atoms with E-state index in [1.54, 1.807) is 29.5 Å². The summed E-state index contributed by atoms with van der Waals surface area (Å²) in [5.41, 5.74) is 10.0. The lowest BCUT2D eigenvalue weighted by Crippen LogP contribution is -2.46. The van der Waals surface area contributed by atoms with Gasteiger partial charge in [-0.25, -0.2) is 5.53 Å². The van der Waals surface area contributed by atoms with Crippen LogP contribution in [0.3, 0.4) is 0 Å². The van der Waals surface area contributed by atoms with Crippen molar-refractivity contribution in [1.82, 2.24) is 15.2 Å². The first kappa shape index (κ1) is 17.8. The number of aromatic nitrogens is 1. The molecule has 0 aliphatic carbocycles. The van der Waals surface area contributed by atoms with Gasteiger partial charge in [0.1, 0.15) is 5.58 Å². The number of amides is 1. The molecule has 8 nitrogen and oxygen atoms in total. The fourth-order valence-electron chi connectivity index (χ4n) is 3.48. The zero-order chi connectivity index (χ0) is 19.5. The van der Waals surface area contributed by atoms with Gasteiger partial charge >= 0.3 is 0 Å². The highest BCUT2D eigenvalue weighted by Crippen LogP contribution is 2.27. The average molecular weight is 376 g/mol. The largest absolute Gasteiger partial charge is 0.464 e. The second-order valence-electron chi connectivity index (χ2n) is 6.74. The Bertz CT molecular complexity index is 1020. The van der Waals surface area contributed by atoms with Gasteiger partial charge in [0.25, 0.3) is 5.91 Å². The number of rotatable bonds is 3. The topological polar surface area (TPSA) is 118 Å². The number of piperidine rings is 1. The van der Waals surface area contributed by atoms with E-state index in [1.165, 1.54) is 0 Å². The molecule has 0 atom stereocenters. The van der Waals surface area contributed by atoms with Crippen molar-refractivity contribution in [3.8, 4) is 11.3 Å². The molecule has 142 valence electrons. The number of nitrogens with one attached hydrogen (secondary N) is 3. The molecule has 0 spiro atoms. The van der Waals surface area contributed by atoms with Crippen LogP contribution in [0.1, 0.15) is 23.2 Å². The minimum absolute atomic E-state index is 0.0263. The number of likely N-dealkylation sites (tertiary alicyclic amines) is 1. The molecule has 0 bridgehead atoms. The molecule has 1 saturated heterocycles. The van der Waals surface area contributed by atoms with E-state index in [2.05, 4.69) is 15.4 Å². The molecule has 2 aromatic heterocycles. The van der Waals surface area contributed by atoms with Gasteiger partial charge in [0.15, 0.2) is 0 Å². The third-order valence-electron chi connectivity index (χ3n) is 5.04. The van der Waals surface area contributed by atoms with Gasteiger partial charge in [-0.05, 0) is 37.1 Å². The summed E-state index contributed by atoms with van der Waals surface area (Å²) in [5, 5.41) is 14.7. The van der Waals surface area contributed by atoms with Crippen LogP contribution in [0.5, 0.6) is 0 Å². The fourth-order valence-corrected chi connectivity index (χ4v) is 3.48. The lowest BCUT2D eigenvalue weighted by Gasteiger charge is -2.32. The number of carbonyl (C=O) groups excluding carboxylic acids is 1. The maximum Gasteiger partial charge on any atom is 0.251 e. The third kappa shape index (κ3) is 3.48. The Hall–Kier alpha value is -3.55. The number of carbonyl (C=O) groups is 1. The Morgan fingerprint density at radius 3 is 2.64 bits per heavy atom. The normalized spacial score (nSPS) is 14.8. The minimum Gasteiger partial charge on any atom is -0.464 e. The quantitative estimate of drug-likeness (QED) is 0.367. The Morgan fingerprint density at radius 1 is 1.18 bits per heavy atom. The van der Waals surface area contributed by atoms with Crippen LogP contribution in [0, 0.1) is 10.9 Å². The molecule has 28 heavy (non-hydrogen) atoms. The first-order valence-electron chi connectivity index (χ1n) is 9.10. The van der Waals surface area contributed by atoms with Gasteiger partial charge in [-0.2, -0.15) is 0 Å². The molecule has 3 N–H and O–H groups in total. The van der Waals surface area contributed by atoms with Gasteiger partial charge < -0.3 is 14.6 Å². The Balaban J connectivity index is 1.42. The van der Waals surface area contributed by atoms with Crippen LogP contribution < -0.4 is 5.32 Å². The number of hydrogen-bond donors (Lipinski definition) is 3. The number of benzene rings is 1. The van der Waals surface area contributed by atoms with Crippen LogP contribution in [0.15, 0.2) is 58.4 Å². The van der Waals surface area contributed by atoms with Crippen molar-refractivity contribution < 1.29 is 9.21 Å². The second-order valence-corrected chi connectivity index (χ2v) is 6.74. The van der Waals surface area contributed by atoms with Crippen LogP contribution in [0.4, 0.5) is 0 Å². The summed E-state index contributed by atoms with van der Waals surface area (Å²) in [6, 6.07) is 11.2. The van der Waals surface area contributed by atoms with Crippen LogP contribution in [-0.2, 0) is 0 Å². The van der Waals surface area contributed by atoms with E-state index in [0.29, 0.717) is 18.7 Å². The Labute approximate surface area is 161 Å². The highest BCUT2D eigenvalue weighted by Gasteiger charge is 2.22. The van der Waals surface area contributed by atoms with Crippen molar-refractivity contribution in [3.63, 3.8) is 0 Å². The van der Waals surface area contributed by atoms with Crippen LogP contribution in [0.25, 0.3) is 22.2 Å². The Kier molecular flexibility index (Phi) is 4.84. The lowest BCUT2D eigenvalue weighted by atomic mass is 10.0. The van der Waals surface area contributed by atoms with Crippen LogP contribution in [0.2, 0.25) is 0 Å². The molecule has 0 saturated carbocycles. The molecule has 8 heteroatoms. The van der Waals surface area contributed by atoms with Crippen LogP contribution in [-0.4, -0.2) is 40.9 Å². The number of hydrogen-bond acceptors (Lipinski definition) is 5. The molecular formula is C20H20N6O2. The summed E-state index contributed by atoms with van der Waals surface area (Å²) in [6.45, 7) is 1.23. The number of fused-ring (bicyclic) bond motifs is 1. The van der Waals surface area contributed by atoms with Crippen LogP contribution >= 0.6 is 0 Å². The van der Waals surface area contributed by atoms with Gasteiger partial charge in [-0.1, -0.05) is 12.1 Å². The highest BCUT2D eigenvalue weighted by molar-refractivity contribution is 5.96. The molecule has 0 unspecified atom stereocenters.